The van der Waals surface area contributed by atoms with Crippen molar-refractivity contribution < 1.29 is 19.1 Å². The fraction of sp³-hybridized carbons (Fsp3) is 0.688. The van der Waals surface area contributed by atoms with E-state index in [0.717, 1.165) is 12.8 Å². The van der Waals surface area contributed by atoms with Crippen molar-refractivity contribution in [2.75, 3.05) is 19.6 Å². The van der Waals surface area contributed by atoms with Gasteiger partial charge in [-0.1, -0.05) is 5.92 Å². The second-order valence-corrected chi connectivity index (χ2v) is 6.38. The van der Waals surface area contributed by atoms with Crippen molar-refractivity contribution in [1.29, 1.82) is 0 Å². The predicted octanol–water partition coefficient (Wildman–Crippen LogP) is 0.642. The lowest BCUT2D eigenvalue weighted by molar-refractivity contribution is -0.130. The van der Waals surface area contributed by atoms with Crippen molar-refractivity contribution in [2.45, 2.75) is 51.7 Å². The third-order valence-electron chi connectivity index (χ3n) is 3.24. The van der Waals surface area contributed by atoms with Crippen LogP contribution in [0.25, 0.3) is 0 Å². The summed E-state index contributed by atoms with van der Waals surface area (Å²) in [7, 11) is 0. The maximum atomic E-state index is 12.3. The zero-order valence-corrected chi connectivity index (χ0v) is 14.0. The topological polar surface area (TPSA) is 87.7 Å². The highest BCUT2D eigenvalue weighted by Gasteiger charge is 2.34. The van der Waals surface area contributed by atoms with E-state index in [2.05, 4.69) is 16.6 Å². The van der Waals surface area contributed by atoms with Gasteiger partial charge in [-0.2, -0.15) is 0 Å². The standard InChI is InChI=1S/C16H25N3O4/c1-5-9-17-13(20)11-18-14(21)12-8-6-7-10-19(12)15(22)23-16(2,3)4/h1,12H,6-11H2,2-4H3,(H,17,20)(H,18,21)/t12-/m1/s1. The maximum Gasteiger partial charge on any atom is 0.410 e. The van der Waals surface area contributed by atoms with Gasteiger partial charge in [-0.25, -0.2) is 4.79 Å². The molecule has 23 heavy (non-hydrogen) atoms. The minimum absolute atomic E-state index is 0.113. The lowest BCUT2D eigenvalue weighted by Crippen LogP contribution is -2.54. The first-order valence-corrected chi connectivity index (χ1v) is 7.72. The van der Waals surface area contributed by atoms with Gasteiger partial charge in [0.2, 0.25) is 11.8 Å². The molecular formula is C16H25N3O4. The number of nitrogens with one attached hydrogen (secondary N) is 2. The van der Waals surface area contributed by atoms with Crippen molar-refractivity contribution in [3.63, 3.8) is 0 Å². The highest BCUT2D eigenvalue weighted by molar-refractivity contribution is 5.89. The van der Waals surface area contributed by atoms with Crippen molar-refractivity contribution in [3.8, 4) is 12.3 Å². The van der Waals surface area contributed by atoms with E-state index >= 15 is 0 Å². The quantitative estimate of drug-likeness (QED) is 0.743. The molecule has 1 aliphatic heterocycles. The number of likely N-dealkylation sites (tertiary alicyclic amines) is 1. The van der Waals surface area contributed by atoms with Crippen LogP contribution < -0.4 is 10.6 Å². The van der Waals surface area contributed by atoms with Crippen LogP contribution in [-0.2, 0) is 14.3 Å². The molecule has 0 aromatic heterocycles. The Morgan fingerprint density at radius 3 is 2.57 bits per heavy atom. The van der Waals surface area contributed by atoms with E-state index < -0.39 is 17.7 Å². The van der Waals surface area contributed by atoms with Gasteiger partial charge in [-0.15, -0.1) is 6.42 Å². The molecule has 1 saturated heterocycles. The summed E-state index contributed by atoms with van der Waals surface area (Å²) < 4.78 is 5.34. The molecule has 1 rings (SSSR count). The van der Waals surface area contributed by atoms with Gasteiger partial charge in [-0.05, 0) is 40.0 Å². The van der Waals surface area contributed by atoms with E-state index in [-0.39, 0.29) is 24.9 Å². The third-order valence-corrected chi connectivity index (χ3v) is 3.24. The summed E-state index contributed by atoms with van der Waals surface area (Å²) in [5.74, 6) is 1.56. The fourth-order valence-electron chi connectivity index (χ4n) is 2.24. The molecule has 0 saturated carbocycles. The molecule has 0 bridgehead atoms. The van der Waals surface area contributed by atoms with Crippen LogP contribution in [0.15, 0.2) is 0 Å². The molecule has 3 amide bonds. The molecule has 1 aliphatic rings. The van der Waals surface area contributed by atoms with E-state index in [1.54, 1.807) is 20.8 Å². The molecular weight excluding hydrogens is 298 g/mol. The van der Waals surface area contributed by atoms with Crippen molar-refractivity contribution in [3.05, 3.63) is 0 Å². The zero-order valence-electron chi connectivity index (χ0n) is 14.0. The van der Waals surface area contributed by atoms with Gasteiger partial charge in [0.25, 0.3) is 0 Å². The predicted molar refractivity (Wildman–Crippen MR) is 85.4 cm³/mol. The number of hydrogen-bond acceptors (Lipinski definition) is 4. The largest absolute Gasteiger partial charge is 0.444 e. The summed E-state index contributed by atoms with van der Waals surface area (Å²) in [6.45, 7) is 5.75. The average Bonchev–Trinajstić information content (AvgIpc) is 2.48. The molecule has 0 aromatic rings. The number of hydrogen-bond donors (Lipinski definition) is 2. The summed E-state index contributed by atoms with van der Waals surface area (Å²) in [4.78, 5) is 37.4. The number of rotatable bonds is 4. The van der Waals surface area contributed by atoms with Crippen LogP contribution >= 0.6 is 0 Å². The Kier molecular flexibility index (Phi) is 6.89. The minimum atomic E-state index is -0.620. The van der Waals surface area contributed by atoms with E-state index in [1.165, 1.54) is 4.90 Å². The molecule has 0 unspecified atom stereocenters. The zero-order chi connectivity index (χ0) is 17.5. The molecule has 0 aliphatic carbocycles. The minimum Gasteiger partial charge on any atom is -0.444 e. The Balaban J connectivity index is 2.60. The van der Waals surface area contributed by atoms with Crippen molar-refractivity contribution in [1.82, 2.24) is 15.5 Å². The molecule has 1 atom stereocenters. The van der Waals surface area contributed by atoms with E-state index in [4.69, 9.17) is 11.2 Å². The molecule has 2 N–H and O–H groups in total. The van der Waals surface area contributed by atoms with Gasteiger partial charge in [-0.3, -0.25) is 14.5 Å². The van der Waals surface area contributed by atoms with Gasteiger partial charge in [0.15, 0.2) is 0 Å². The lowest BCUT2D eigenvalue weighted by Gasteiger charge is -2.35. The SMILES string of the molecule is C#CCNC(=O)CNC(=O)[C@H]1CCCCN1C(=O)OC(C)(C)C. The van der Waals surface area contributed by atoms with Gasteiger partial charge in [0.05, 0.1) is 13.1 Å². The molecule has 1 fully saturated rings. The van der Waals surface area contributed by atoms with Crippen molar-refractivity contribution in [2.24, 2.45) is 0 Å². The molecule has 7 nitrogen and oxygen atoms in total. The second kappa shape index (κ2) is 8.42. The third kappa shape index (κ3) is 6.59. The Labute approximate surface area is 137 Å². The van der Waals surface area contributed by atoms with Crippen LogP contribution in [0.3, 0.4) is 0 Å². The molecule has 0 spiro atoms. The molecule has 1 heterocycles. The number of nitrogens with zero attached hydrogens (tertiary/aromatic N) is 1. The molecule has 0 radical (unpaired) electrons. The van der Waals surface area contributed by atoms with Crippen LogP contribution in [-0.4, -0.2) is 54.1 Å². The first-order valence-electron chi connectivity index (χ1n) is 7.72. The monoisotopic (exact) mass is 323 g/mol. The van der Waals surface area contributed by atoms with Gasteiger partial charge in [0, 0.05) is 6.54 Å². The van der Waals surface area contributed by atoms with Gasteiger partial charge in [0.1, 0.15) is 11.6 Å². The Bertz CT molecular complexity index is 491. The summed E-state index contributed by atoms with van der Waals surface area (Å²) in [5, 5.41) is 5.00. The maximum absolute atomic E-state index is 12.3. The van der Waals surface area contributed by atoms with Crippen LogP contribution in [0.5, 0.6) is 0 Å². The van der Waals surface area contributed by atoms with E-state index in [1.807, 2.05) is 0 Å². The fourth-order valence-corrected chi connectivity index (χ4v) is 2.24. The highest BCUT2D eigenvalue weighted by atomic mass is 16.6. The number of amides is 3. The number of carbonyl (C=O) groups excluding carboxylic acids is 3. The van der Waals surface area contributed by atoms with Crippen LogP contribution in [0.4, 0.5) is 4.79 Å². The van der Waals surface area contributed by atoms with E-state index in [0.29, 0.717) is 13.0 Å². The number of carbonyl (C=O) groups is 3. The number of piperidine rings is 1. The van der Waals surface area contributed by atoms with Crippen LogP contribution in [0.2, 0.25) is 0 Å². The second-order valence-electron chi connectivity index (χ2n) is 6.38. The first-order chi connectivity index (χ1) is 10.7. The lowest BCUT2D eigenvalue weighted by atomic mass is 10.0. The van der Waals surface area contributed by atoms with Crippen molar-refractivity contribution >= 4 is 17.9 Å². The van der Waals surface area contributed by atoms with Gasteiger partial charge >= 0.3 is 6.09 Å². The van der Waals surface area contributed by atoms with Crippen LogP contribution in [0.1, 0.15) is 40.0 Å². The normalized spacial score (nSPS) is 17.8. The summed E-state index contributed by atoms with van der Waals surface area (Å²) in [6.07, 6.45) is 6.76. The first kappa shape index (κ1) is 18.8. The summed E-state index contributed by atoms with van der Waals surface area (Å²) >= 11 is 0. The van der Waals surface area contributed by atoms with E-state index in [9.17, 15) is 14.4 Å². The highest BCUT2D eigenvalue weighted by Crippen LogP contribution is 2.20. The van der Waals surface area contributed by atoms with Crippen LogP contribution in [0, 0.1) is 12.3 Å². The summed E-state index contributed by atoms with van der Waals surface area (Å²) in [5.41, 5.74) is -0.620. The smallest absolute Gasteiger partial charge is 0.410 e. The number of terminal acetylenes is 1. The number of ether oxygens (including phenoxy) is 1. The van der Waals surface area contributed by atoms with Gasteiger partial charge < -0.3 is 15.4 Å². The Hall–Kier alpha value is -2.23. The molecule has 128 valence electrons. The Morgan fingerprint density at radius 1 is 1.26 bits per heavy atom. The Morgan fingerprint density at radius 2 is 1.96 bits per heavy atom. The molecule has 7 heteroatoms. The average molecular weight is 323 g/mol. The molecule has 0 aromatic carbocycles. The summed E-state index contributed by atoms with van der Waals surface area (Å²) in [6, 6.07) is -0.612.